The van der Waals surface area contributed by atoms with E-state index in [0.29, 0.717) is 17.0 Å². The average molecular weight is 306 g/mol. The molecule has 0 fully saturated rings. The number of anilines is 1. The number of aliphatic hydroxyl groups is 1. The van der Waals surface area contributed by atoms with Crippen molar-refractivity contribution < 1.29 is 9.90 Å². The summed E-state index contributed by atoms with van der Waals surface area (Å²) in [5.41, 5.74) is 7.80. The number of thiophene rings is 1. The number of benzene rings is 1. The number of nitrogens with two attached hydrogens (primary N) is 1. The monoisotopic (exact) mass is 306 g/mol. The number of amides is 1. The zero-order valence-electron chi connectivity index (χ0n) is 12.6. The number of aliphatic hydroxyl groups excluding tert-OH is 1. The highest BCUT2D eigenvalue weighted by Gasteiger charge is 2.21. The smallest absolute Gasteiger partial charge is 0.263 e. The molecule has 2 aromatic rings. The molecule has 1 atom stereocenters. The zero-order valence-corrected chi connectivity index (χ0v) is 13.5. The second-order valence-corrected chi connectivity index (χ2v) is 6.65. The van der Waals surface area contributed by atoms with Crippen molar-refractivity contribution in [3.63, 3.8) is 0 Å². The molecule has 1 aromatic carbocycles. The molecule has 0 aliphatic carbocycles. The zero-order chi connectivity index (χ0) is 15.6. The summed E-state index contributed by atoms with van der Waals surface area (Å²) in [6, 6.07) is 5.86. The Balaban J connectivity index is 2.31. The number of hydrogen-bond donors (Lipinski definition) is 3. The van der Waals surface area contributed by atoms with E-state index in [4.69, 9.17) is 10.8 Å². The number of hydrogen-bond acceptors (Lipinski definition) is 4. The lowest BCUT2D eigenvalue weighted by atomic mass is 10.0. The third-order valence-corrected chi connectivity index (χ3v) is 5.07. The Morgan fingerprint density at radius 3 is 2.71 bits per heavy atom. The fourth-order valence-electron chi connectivity index (χ4n) is 2.39. The highest BCUT2D eigenvalue weighted by atomic mass is 32.1. The summed E-state index contributed by atoms with van der Waals surface area (Å²) in [6.45, 7) is 6.13. The molecule has 4 N–H and O–H groups in total. The first-order chi connectivity index (χ1) is 9.95. The van der Waals surface area contributed by atoms with E-state index in [9.17, 15) is 4.79 Å². The molecule has 0 bridgehead atoms. The SMILES string of the molecule is Cc1cccc2c(N)c(C(=O)NC(CCO)C(C)C)sc12. The van der Waals surface area contributed by atoms with Crippen LogP contribution in [0.3, 0.4) is 0 Å². The second kappa shape index (κ2) is 6.45. The van der Waals surface area contributed by atoms with Crippen LogP contribution in [0.15, 0.2) is 18.2 Å². The summed E-state index contributed by atoms with van der Waals surface area (Å²) in [5, 5.41) is 13.0. The van der Waals surface area contributed by atoms with E-state index in [-0.39, 0.29) is 24.5 Å². The first-order valence-electron chi connectivity index (χ1n) is 7.15. The summed E-state index contributed by atoms with van der Waals surface area (Å²) in [6.07, 6.45) is 0.549. The van der Waals surface area contributed by atoms with Crippen LogP contribution in [0.1, 0.15) is 35.5 Å². The number of carbonyl (C=O) groups excluding carboxylic acids is 1. The first-order valence-corrected chi connectivity index (χ1v) is 7.96. The number of nitrogens with one attached hydrogen (secondary N) is 1. The molecule has 0 radical (unpaired) electrons. The van der Waals surface area contributed by atoms with Crippen molar-refractivity contribution in [1.29, 1.82) is 0 Å². The van der Waals surface area contributed by atoms with Crippen molar-refractivity contribution >= 4 is 33.0 Å². The normalized spacial score (nSPS) is 12.8. The maximum absolute atomic E-state index is 12.5. The lowest BCUT2D eigenvalue weighted by Crippen LogP contribution is -2.39. The molecule has 0 aliphatic rings. The standard InChI is InChI=1S/C16H22N2O2S/c1-9(2)12(7-8-19)18-16(20)15-13(17)11-6-4-5-10(3)14(11)21-15/h4-6,9,12,19H,7-8,17H2,1-3H3,(H,18,20). The van der Waals surface area contributed by atoms with Crippen LogP contribution in [-0.4, -0.2) is 23.7 Å². The van der Waals surface area contributed by atoms with Gasteiger partial charge in [0, 0.05) is 22.7 Å². The fourth-order valence-corrected chi connectivity index (χ4v) is 3.49. The van der Waals surface area contributed by atoms with Gasteiger partial charge in [-0.15, -0.1) is 11.3 Å². The molecule has 5 heteroatoms. The second-order valence-electron chi connectivity index (χ2n) is 5.63. The quantitative estimate of drug-likeness (QED) is 0.795. The van der Waals surface area contributed by atoms with E-state index in [2.05, 4.69) is 5.32 Å². The van der Waals surface area contributed by atoms with Crippen LogP contribution >= 0.6 is 11.3 Å². The summed E-state index contributed by atoms with van der Waals surface area (Å²) < 4.78 is 1.06. The molecule has 21 heavy (non-hydrogen) atoms. The molecule has 0 aliphatic heterocycles. The van der Waals surface area contributed by atoms with Gasteiger partial charge in [0.25, 0.3) is 5.91 Å². The van der Waals surface area contributed by atoms with Gasteiger partial charge in [-0.2, -0.15) is 0 Å². The molecule has 4 nitrogen and oxygen atoms in total. The molecule has 1 heterocycles. The lowest BCUT2D eigenvalue weighted by Gasteiger charge is -2.21. The summed E-state index contributed by atoms with van der Waals surface area (Å²) in [7, 11) is 0. The summed E-state index contributed by atoms with van der Waals surface area (Å²) in [5.74, 6) is 0.110. The van der Waals surface area contributed by atoms with Crippen LogP contribution in [0.25, 0.3) is 10.1 Å². The van der Waals surface area contributed by atoms with Gasteiger partial charge in [-0.3, -0.25) is 4.79 Å². The van der Waals surface area contributed by atoms with E-state index in [1.807, 2.05) is 39.0 Å². The number of aryl methyl sites for hydroxylation is 1. The Morgan fingerprint density at radius 1 is 1.43 bits per heavy atom. The first kappa shape index (κ1) is 15.8. The Bertz CT molecular complexity index is 649. The van der Waals surface area contributed by atoms with Crippen LogP contribution in [-0.2, 0) is 0 Å². The highest BCUT2D eigenvalue weighted by molar-refractivity contribution is 7.21. The molecule has 0 saturated heterocycles. The van der Waals surface area contributed by atoms with Gasteiger partial charge in [0.05, 0.1) is 5.69 Å². The molecular weight excluding hydrogens is 284 g/mol. The van der Waals surface area contributed by atoms with Gasteiger partial charge in [0.2, 0.25) is 0 Å². The van der Waals surface area contributed by atoms with Gasteiger partial charge in [-0.05, 0) is 24.8 Å². The van der Waals surface area contributed by atoms with Crippen molar-refractivity contribution in [2.75, 3.05) is 12.3 Å². The van der Waals surface area contributed by atoms with Crippen LogP contribution < -0.4 is 11.1 Å². The number of rotatable bonds is 5. The number of nitrogen functional groups attached to an aromatic ring is 1. The Kier molecular flexibility index (Phi) is 4.85. The van der Waals surface area contributed by atoms with Crippen molar-refractivity contribution in [2.24, 2.45) is 5.92 Å². The summed E-state index contributed by atoms with van der Waals surface area (Å²) in [4.78, 5) is 13.0. The third kappa shape index (κ3) is 3.19. The van der Waals surface area contributed by atoms with Gasteiger partial charge < -0.3 is 16.2 Å². The van der Waals surface area contributed by atoms with Gasteiger partial charge >= 0.3 is 0 Å². The molecule has 1 amide bonds. The van der Waals surface area contributed by atoms with E-state index in [1.165, 1.54) is 11.3 Å². The molecular formula is C16H22N2O2S. The van der Waals surface area contributed by atoms with Crippen molar-refractivity contribution in [1.82, 2.24) is 5.32 Å². The molecule has 2 rings (SSSR count). The lowest BCUT2D eigenvalue weighted by molar-refractivity contribution is 0.0921. The largest absolute Gasteiger partial charge is 0.397 e. The minimum atomic E-state index is -0.153. The van der Waals surface area contributed by atoms with E-state index < -0.39 is 0 Å². The van der Waals surface area contributed by atoms with Crippen molar-refractivity contribution in [2.45, 2.75) is 33.2 Å². The summed E-state index contributed by atoms with van der Waals surface area (Å²) >= 11 is 1.43. The average Bonchev–Trinajstić information content (AvgIpc) is 2.77. The molecule has 0 saturated carbocycles. The van der Waals surface area contributed by atoms with Crippen LogP contribution in [0.5, 0.6) is 0 Å². The predicted octanol–water partition coefficient (Wildman–Crippen LogP) is 2.93. The highest BCUT2D eigenvalue weighted by Crippen LogP contribution is 2.35. The number of carbonyl (C=O) groups is 1. The minimum absolute atomic E-state index is 0.0480. The predicted molar refractivity (Wildman–Crippen MR) is 88.8 cm³/mol. The van der Waals surface area contributed by atoms with Gasteiger partial charge in [-0.1, -0.05) is 32.0 Å². The van der Waals surface area contributed by atoms with Crippen LogP contribution in [0.4, 0.5) is 5.69 Å². The van der Waals surface area contributed by atoms with E-state index >= 15 is 0 Å². The molecule has 0 spiro atoms. The molecule has 114 valence electrons. The van der Waals surface area contributed by atoms with Gasteiger partial charge in [0.15, 0.2) is 0 Å². The van der Waals surface area contributed by atoms with E-state index in [1.54, 1.807) is 0 Å². The van der Waals surface area contributed by atoms with Crippen LogP contribution in [0.2, 0.25) is 0 Å². The van der Waals surface area contributed by atoms with Crippen molar-refractivity contribution in [3.05, 3.63) is 28.6 Å². The molecule has 1 unspecified atom stereocenters. The maximum atomic E-state index is 12.5. The Labute approximate surface area is 129 Å². The Hall–Kier alpha value is -1.59. The van der Waals surface area contributed by atoms with Crippen LogP contribution in [0, 0.1) is 12.8 Å². The number of fused-ring (bicyclic) bond motifs is 1. The topological polar surface area (TPSA) is 75.4 Å². The Morgan fingerprint density at radius 2 is 2.14 bits per heavy atom. The van der Waals surface area contributed by atoms with Gasteiger partial charge in [-0.25, -0.2) is 0 Å². The maximum Gasteiger partial charge on any atom is 0.263 e. The molecule has 1 aromatic heterocycles. The third-order valence-electron chi connectivity index (χ3n) is 3.72. The van der Waals surface area contributed by atoms with Gasteiger partial charge in [0.1, 0.15) is 4.88 Å². The van der Waals surface area contributed by atoms with E-state index in [0.717, 1.165) is 15.6 Å². The van der Waals surface area contributed by atoms with Crippen molar-refractivity contribution in [3.8, 4) is 0 Å². The fraction of sp³-hybridized carbons (Fsp3) is 0.438. The minimum Gasteiger partial charge on any atom is -0.397 e.